The molecule has 2 nitrogen and oxygen atoms in total. The standard InChI is InChI=1S/C71H52N2S/c1-4-16-47(17-5-1)48-30-32-51(33-31-48)68-60-25-11-10-18-49(60)36-42-61(68)50-34-39-58(40-35-50)72(56-21-6-2-7-22-56)64-27-14-19-52-44-54-37-38-55-45-53-20-15-28-65(70(53)71(54,55)69(52)64)73(57-23-8-3-9-24-57)59-41-43-63-62-26-12-13-29-66(62)74-67(63)46-59/h1-36,39-43,46,54-55H,37-38,44-45H2. The summed E-state index contributed by atoms with van der Waals surface area (Å²) in [4.78, 5) is 5.16. The second-order valence-electron chi connectivity index (χ2n) is 20.7. The lowest BCUT2D eigenvalue weighted by Gasteiger charge is -2.40. The Hall–Kier alpha value is -8.50. The van der Waals surface area contributed by atoms with E-state index < -0.39 is 0 Å². The molecule has 1 spiro atoms. The minimum absolute atomic E-state index is 0.157. The van der Waals surface area contributed by atoms with Crippen molar-refractivity contribution in [3.8, 4) is 33.4 Å². The summed E-state index contributed by atoms with van der Waals surface area (Å²) in [6, 6.07) is 95.3. The molecule has 1 fully saturated rings. The van der Waals surface area contributed by atoms with Gasteiger partial charge in [0.1, 0.15) is 0 Å². The third-order valence-corrected chi connectivity index (χ3v) is 18.1. The Morgan fingerprint density at radius 3 is 1.51 bits per heavy atom. The van der Waals surface area contributed by atoms with Crippen LogP contribution in [0.1, 0.15) is 35.1 Å². The summed E-state index contributed by atoms with van der Waals surface area (Å²) in [5.74, 6) is 1.00. The number of thiophene rings is 1. The average molecular weight is 965 g/mol. The maximum absolute atomic E-state index is 2.59. The van der Waals surface area contributed by atoms with Crippen molar-refractivity contribution in [3.63, 3.8) is 0 Å². The summed E-state index contributed by atoms with van der Waals surface area (Å²) in [5, 5.41) is 5.16. The second kappa shape index (κ2) is 17.3. The highest BCUT2D eigenvalue weighted by Gasteiger charge is 2.62. The SMILES string of the molecule is c1ccc(-c2ccc(-c3c(-c4ccc(N(c5ccccc5)c5cccc6c5C57c8c(cccc8N(c8ccccc8)c8ccc9c(c8)sc8ccccc89)CC5CCC7C6)cc4)ccc4ccccc34)cc2)cc1. The molecule has 0 aliphatic heterocycles. The highest BCUT2D eigenvalue weighted by molar-refractivity contribution is 7.25. The molecule has 1 saturated carbocycles. The van der Waals surface area contributed by atoms with Crippen molar-refractivity contribution in [2.45, 2.75) is 31.1 Å². The first-order valence-corrected chi connectivity index (χ1v) is 27.2. The van der Waals surface area contributed by atoms with Crippen molar-refractivity contribution < 1.29 is 0 Å². The molecule has 15 rings (SSSR count). The van der Waals surface area contributed by atoms with Crippen molar-refractivity contribution in [1.29, 1.82) is 0 Å². The van der Waals surface area contributed by atoms with Gasteiger partial charge >= 0.3 is 0 Å². The molecule has 0 radical (unpaired) electrons. The van der Waals surface area contributed by atoms with E-state index in [2.05, 4.69) is 265 Å². The molecular weight excluding hydrogens is 913 g/mol. The normalized spacial score (nSPS) is 17.3. The van der Waals surface area contributed by atoms with Gasteiger partial charge in [-0.3, -0.25) is 0 Å². The molecule has 11 aromatic carbocycles. The lowest BCUT2D eigenvalue weighted by atomic mass is 9.68. The number of rotatable bonds is 9. The summed E-state index contributed by atoms with van der Waals surface area (Å²) in [6.07, 6.45) is 4.64. The van der Waals surface area contributed by atoms with E-state index in [9.17, 15) is 0 Å². The summed E-state index contributed by atoms with van der Waals surface area (Å²) in [6.45, 7) is 0. The molecule has 1 aromatic heterocycles. The molecule has 0 amide bonds. The van der Waals surface area contributed by atoms with E-state index in [-0.39, 0.29) is 5.41 Å². The fraction of sp³-hybridized carbons (Fsp3) is 0.0986. The molecular formula is C71H52N2S. The van der Waals surface area contributed by atoms with E-state index in [4.69, 9.17) is 0 Å². The zero-order valence-corrected chi connectivity index (χ0v) is 41.9. The molecule has 3 aliphatic rings. The predicted molar refractivity (Wildman–Crippen MR) is 313 cm³/mol. The van der Waals surface area contributed by atoms with E-state index in [1.165, 1.54) is 128 Å². The van der Waals surface area contributed by atoms with Gasteiger partial charge in [0, 0.05) is 48.3 Å². The molecule has 0 saturated heterocycles. The largest absolute Gasteiger partial charge is 0.310 e. The summed E-state index contributed by atoms with van der Waals surface area (Å²) < 4.78 is 2.65. The zero-order chi connectivity index (χ0) is 48.7. The molecule has 3 atom stereocenters. The van der Waals surface area contributed by atoms with Gasteiger partial charge in [0.2, 0.25) is 0 Å². The first kappa shape index (κ1) is 43.1. The van der Waals surface area contributed by atoms with Gasteiger partial charge in [-0.2, -0.15) is 0 Å². The Balaban J connectivity index is 0.884. The van der Waals surface area contributed by atoms with Crippen LogP contribution in [0.4, 0.5) is 34.1 Å². The van der Waals surface area contributed by atoms with Crippen LogP contribution >= 0.6 is 11.3 Å². The van der Waals surface area contributed by atoms with Crippen LogP contribution in [-0.4, -0.2) is 0 Å². The van der Waals surface area contributed by atoms with Gasteiger partial charge in [0.15, 0.2) is 0 Å². The number of para-hydroxylation sites is 2. The minimum Gasteiger partial charge on any atom is -0.310 e. The first-order chi connectivity index (χ1) is 36.7. The fourth-order valence-electron chi connectivity index (χ4n) is 14.0. The van der Waals surface area contributed by atoms with Gasteiger partial charge in [-0.25, -0.2) is 0 Å². The summed E-state index contributed by atoms with van der Waals surface area (Å²) in [7, 11) is 0. The van der Waals surface area contributed by atoms with Gasteiger partial charge in [0.25, 0.3) is 0 Å². The van der Waals surface area contributed by atoms with Crippen LogP contribution in [0.2, 0.25) is 0 Å². The molecule has 3 unspecified atom stereocenters. The zero-order valence-electron chi connectivity index (χ0n) is 41.0. The van der Waals surface area contributed by atoms with Gasteiger partial charge < -0.3 is 9.80 Å². The number of fused-ring (bicyclic) bond motifs is 6. The quantitative estimate of drug-likeness (QED) is 0.142. The number of hydrogen-bond donors (Lipinski definition) is 0. The maximum Gasteiger partial charge on any atom is 0.0505 e. The molecule has 3 heteroatoms. The maximum atomic E-state index is 2.59. The van der Waals surface area contributed by atoms with Crippen molar-refractivity contribution in [1.82, 2.24) is 0 Å². The molecule has 0 N–H and O–H groups in total. The molecule has 74 heavy (non-hydrogen) atoms. The number of nitrogens with zero attached hydrogens (tertiary/aromatic N) is 2. The van der Waals surface area contributed by atoms with Gasteiger partial charge in [-0.05, 0) is 171 Å². The van der Waals surface area contributed by atoms with Gasteiger partial charge in [-0.15, -0.1) is 11.3 Å². The molecule has 3 aliphatic carbocycles. The van der Waals surface area contributed by atoms with E-state index in [1.54, 1.807) is 0 Å². The van der Waals surface area contributed by atoms with Crippen LogP contribution < -0.4 is 9.80 Å². The van der Waals surface area contributed by atoms with Crippen LogP contribution in [0.5, 0.6) is 0 Å². The van der Waals surface area contributed by atoms with Crippen molar-refractivity contribution in [2.24, 2.45) is 11.8 Å². The van der Waals surface area contributed by atoms with Crippen LogP contribution in [0.25, 0.3) is 64.3 Å². The Morgan fingerprint density at radius 1 is 0.351 bits per heavy atom. The smallest absolute Gasteiger partial charge is 0.0505 e. The Labute approximate surface area is 437 Å². The van der Waals surface area contributed by atoms with Crippen molar-refractivity contribution in [3.05, 3.63) is 277 Å². The van der Waals surface area contributed by atoms with Crippen molar-refractivity contribution in [2.75, 3.05) is 9.80 Å². The lowest BCUT2D eigenvalue weighted by Crippen LogP contribution is -2.34. The molecule has 12 aromatic rings. The Morgan fingerprint density at radius 2 is 0.851 bits per heavy atom. The number of benzene rings is 11. The first-order valence-electron chi connectivity index (χ1n) is 26.3. The Bertz CT molecular complexity index is 4080. The van der Waals surface area contributed by atoms with E-state index in [1.807, 2.05) is 11.3 Å². The van der Waals surface area contributed by atoms with Gasteiger partial charge in [0.05, 0.1) is 11.4 Å². The highest BCUT2D eigenvalue weighted by Crippen LogP contribution is 2.69. The lowest BCUT2D eigenvalue weighted by molar-refractivity contribution is 0.350. The van der Waals surface area contributed by atoms with E-state index in [0.29, 0.717) is 11.8 Å². The van der Waals surface area contributed by atoms with E-state index >= 15 is 0 Å². The van der Waals surface area contributed by atoms with Crippen LogP contribution in [-0.2, 0) is 18.3 Å². The third kappa shape index (κ3) is 6.69. The van der Waals surface area contributed by atoms with Gasteiger partial charge in [-0.1, -0.05) is 188 Å². The molecule has 1 heterocycles. The monoisotopic (exact) mass is 964 g/mol. The van der Waals surface area contributed by atoms with Crippen LogP contribution in [0.3, 0.4) is 0 Å². The highest BCUT2D eigenvalue weighted by atomic mass is 32.1. The predicted octanol–water partition coefficient (Wildman–Crippen LogP) is 19.6. The number of hydrogen-bond acceptors (Lipinski definition) is 3. The fourth-order valence-corrected chi connectivity index (χ4v) is 15.1. The molecule has 352 valence electrons. The Kier molecular flexibility index (Phi) is 10.1. The molecule has 0 bridgehead atoms. The number of anilines is 6. The third-order valence-electron chi connectivity index (χ3n) is 16.9. The topological polar surface area (TPSA) is 6.48 Å². The van der Waals surface area contributed by atoms with E-state index in [0.717, 1.165) is 18.5 Å². The average Bonchev–Trinajstić information content (AvgIpc) is 4.21. The second-order valence-corrected chi connectivity index (χ2v) is 21.8. The summed E-state index contributed by atoms with van der Waals surface area (Å²) >= 11 is 1.90. The van der Waals surface area contributed by atoms with Crippen molar-refractivity contribution >= 4 is 76.4 Å². The summed E-state index contributed by atoms with van der Waals surface area (Å²) in [5.41, 5.74) is 20.6. The van der Waals surface area contributed by atoms with Crippen LogP contribution in [0.15, 0.2) is 255 Å². The minimum atomic E-state index is -0.157. The van der Waals surface area contributed by atoms with Crippen LogP contribution in [0, 0.1) is 11.8 Å².